The minimum Gasteiger partial charge on any atom is -0.456 e. The molecule has 0 aliphatic carbocycles. The van der Waals surface area contributed by atoms with Gasteiger partial charge in [0.1, 0.15) is 55.8 Å². The van der Waals surface area contributed by atoms with Gasteiger partial charge in [0.2, 0.25) is 0 Å². The van der Waals surface area contributed by atoms with Crippen molar-refractivity contribution in [1.82, 2.24) is 4.57 Å². The van der Waals surface area contributed by atoms with E-state index in [0.717, 1.165) is 148 Å². The van der Waals surface area contributed by atoms with Crippen LogP contribution in [0, 0.1) is 0 Å². The summed E-state index contributed by atoms with van der Waals surface area (Å²) in [4.78, 5) is 0. The van der Waals surface area contributed by atoms with Gasteiger partial charge in [-0.15, -0.1) is 0 Å². The Morgan fingerprint density at radius 2 is 0.800 bits per heavy atom. The maximum absolute atomic E-state index is 6.74. The van der Waals surface area contributed by atoms with Crippen molar-refractivity contribution < 1.29 is 22.1 Å². The van der Waals surface area contributed by atoms with Gasteiger partial charge in [0, 0.05) is 65.6 Å². The fourth-order valence-electron chi connectivity index (χ4n) is 10.1. The highest BCUT2D eigenvalue weighted by molar-refractivity contribution is 6.25. The Morgan fingerprint density at radius 1 is 0.267 bits per heavy atom. The molecule has 6 nitrogen and oxygen atoms in total. The molecular weight excluding hydrogens is 743 g/mol. The maximum atomic E-state index is 6.74. The van der Waals surface area contributed by atoms with Crippen molar-refractivity contribution in [1.29, 1.82) is 0 Å². The molecule has 0 aliphatic heterocycles. The fraction of sp³-hybridized carbons (Fsp3) is 0. The van der Waals surface area contributed by atoms with Gasteiger partial charge >= 0.3 is 0 Å². The van der Waals surface area contributed by atoms with Crippen molar-refractivity contribution in [2.24, 2.45) is 0 Å². The van der Waals surface area contributed by atoms with Crippen LogP contribution in [0.1, 0.15) is 0 Å². The first kappa shape index (κ1) is 30.9. The Hall–Kier alpha value is -8.22. The van der Waals surface area contributed by atoms with Gasteiger partial charge in [-0.2, -0.15) is 0 Å². The van der Waals surface area contributed by atoms with Gasteiger partial charge in [-0.05, 0) is 102 Å². The average molecular weight is 770 g/mol. The van der Waals surface area contributed by atoms with Gasteiger partial charge in [-0.1, -0.05) is 66.7 Å². The summed E-state index contributed by atoms with van der Waals surface area (Å²) in [6, 6.07) is 57.1. The summed E-state index contributed by atoms with van der Waals surface area (Å²) >= 11 is 0. The van der Waals surface area contributed by atoms with E-state index in [4.69, 9.17) is 22.1 Å². The number of furan rings is 5. The highest BCUT2D eigenvalue weighted by atomic mass is 16.4. The number of aromatic nitrogens is 1. The van der Waals surface area contributed by atoms with Gasteiger partial charge in [0.05, 0.1) is 21.8 Å². The molecule has 6 heteroatoms. The lowest BCUT2D eigenvalue weighted by molar-refractivity contribution is 0.656. The summed E-state index contributed by atoms with van der Waals surface area (Å²) < 4.78 is 34.7. The average Bonchev–Trinajstić information content (AvgIpc) is 4.13. The van der Waals surface area contributed by atoms with Crippen LogP contribution < -0.4 is 0 Å². The number of rotatable bonds is 2. The van der Waals surface area contributed by atoms with Gasteiger partial charge in [0.25, 0.3) is 0 Å². The summed E-state index contributed by atoms with van der Waals surface area (Å²) in [5.74, 6) is 0. The zero-order valence-corrected chi connectivity index (χ0v) is 31.6. The summed E-state index contributed by atoms with van der Waals surface area (Å²) in [6.07, 6.45) is 0. The molecule has 6 heterocycles. The Bertz CT molecular complexity index is 4370. The minimum atomic E-state index is 0.787. The van der Waals surface area contributed by atoms with Crippen LogP contribution in [0.2, 0.25) is 0 Å². The number of hydrogen-bond donors (Lipinski definition) is 0. The van der Waals surface area contributed by atoms with Gasteiger partial charge < -0.3 is 26.7 Å². The van der Waals surface area contributed by atoms with E-state index in [9.17, 15) is 0 Å². The zero-order chi connectivity index (χ0) is 38.8. The van der Waals surface area contributed by atoms with E-state index in [0.29, 0.717) is 0 Å². The lowest BCUT2D eigenvalue weighted by Crippen LogP contribution is -1.93. The Morgan fingerprint density at radius 3 is 1.67 bits per heavy atom. The molecule has 0 N–H and O–H groups in total. The predicted molar refractivity (Wildman–Crippen MR) is 243 cm³/mol. The molecule has 0 atom stereocenters. The molecule has 0 amide bonds. The summed E-state index contributed by atoms with van der Waals surface area (Å²) in [5, 5.41) is 12.9. The lowest BCUT2D eigenvalue weighted by atomic mass is 10.0. The molecular formula is C54H27NO5. The maximum Gasteiger partial charge on any atom is 0.147 e. The van der Waals surface area contributed by atoms with Gasteiger partial charge in [-0.25, -0.2) is 0 Å². The third kappa shape index (κ3) is 3.92. The SMILES string of the molecule is c1ccc2c(c1)oc1cc3oc4cc(-c5ccc6oc7c(ccc8oc9ccc(-n%10c%11ccccc%11c%11c%12oc%13ccccc%13c%12ccc%11%10)cc9c87)c6c5)ccc4c3cc12. The van der Waals surface area contributed by atoms with E-state index in [2.05, 4.69) is 132 Å². The molecule has 0 unspecified atom stereocenters. The van der Waals surface area contributed by atoms with E-state index in [1.807, 2.05) is 36.4 Å². The molecule has 0 radical (unpaired) electrons. The molecule has 15 rings (SSSR count). The Labute approximate surface area is 337 Å². The molecule has 0 fully saturated rings. The van der Waals surface area contributed by atoms with Crippen LogP contribution in [0.25, 0.3) is 148 Å². The number of para-hydroxylation sites is 3. The zero-order valence-electron chi connectivity index (χ0n) is 31.6. The molecule has 6 aromatic heterocycles. The van der Waals surface area contributed by atoms with Crippen LogP contribution in [-0.4, -0.2) is 4.57 Å². The molecule has 278 valence electrons. The lowest BCUT2D eigenvalue weighted by Gasteiger charge is -2.08. The molecule has 0 saturated heterocycles. The molecule has 60 heavy (non-hydrogen) atoms. The van der Waals surface area contributed by atoms with Crippen LogP contribution in [0.3, 0.4) is 0 Å². The number of fused-ring (bicyclic) bond motifs is 20. The van der Waals surface area contributed by atoms with Crippen molar-refractivity contribution >= 4 is 131 Å². The van der Waals surface area contributed by atoms with Crippen molar-refractivity contribution in [2.45, 2.75) is 0 Å². The molecule has 9 aromatic carbocycles. The molecule has 0 bridgehead atoms. The quantitative estimate of drug-likeness (QED) is 0.175. The second-order valence-electron chi connectivity index (χ2n) is 16.0. The first-order chi connectivity index (χ1) is 29.7. The molecule has 0 saturated carbocycles. The van der Waals surface area contributed by atoms with E-state index in [-0.39, 0.29) is 0 Å². The van der Waals surface area contributed by atoms with Crippen LogP contribution >= 0.6 is 0 Å². The van der Waals surface area contributed by atoms with Crippen molar-refractivity contribution in [3.05, 3.63) is 164 Å². The van der Waals surface area contributed by atoms with E-state index < -0.39 is 0 Å². The molecule has 0 aliphatic rings. The standard InChI is InChI=1S/C54H27NO5/c1-4-10-41-36(9-1)51-42(19-17-34-31-7-2-6-12-44(31)59-53(34)51)55(41)30-15-21-46-40(25-30)52-47(56-46)22-18-35-37-23-28(14-20-45(37)60-54(35)52)29-13-16-33-39-26-38-32-8-3-5-11-43(32)57-49(38)27-50(39)58-48(33)24-29/h1-27H. The summed E-state index contributed by atoms with van der Waals surface area (Å²) in [7, 11) is 0. The normalized spacial score (nSPS) is 12.7. The van der Waals surface area contributed by atoms with Crippen LogP contribution in [0.5, 0.6) is 0 Å². The van der Waals surface area contributed by atoms with Crippen molar-refractivity contribution in [2.75, 3.05) is 0 Å². The first-order valence-corrected chi connectivity index (χ1v) is 20.1. The second-order valence-corrected chi connectivity index (χ2v) is 16.0. The predicted octanol–water partition coefficient (Wildman–Crippen LogP) is 15.9. The minimum absolute atomic E-state index is 0.787. The third-order valence-electron chi connectivity index (χ3n) is 12.8. The van der Waals surface area contributed by atoms with Crippen LogP contribution in [0.15, 0.2) is 186 Å². The van der Waals surface area contributed by atoms with E-state index >= 15 is 0 Å². The number of hydrogen-bond acceptors (Lipinski definition) is 5. The van der Waals surface area contributed by atoms with E-state index in [1.165, 1.54) is 0 Å². The van der Waals surface area contributed by atoms with Gasteiger partial charge in [-0.3, -0.25) is 0 Å². The number of nitrogens with zero attached hydrogens (tertiary/aromatic N) is 1. The van der Waals surface area contributed by atoms with Crippen LogP contribution in [-0.2, 0) is 0 Å². The second kappa shape index (κ2) is 10.8. The Balaban J connectivity index is 0.891. The summed E-state index contributed by atoms with van der Waals surface area (Å²) in [6.45, 7) is 0. The summed E-state index contributed by atoms with van der Waals surface area (Å²) in [5.41, 5.74) is 13.8. The smallest absolute Gasteiger partial charge is 0.147 e. The molecule has 0 spiro atoms. The van der Waals surface area contributed by atoms with Crippen molar-refractivity contribution in [3.63, 3.8) is 0 Å². The third-order valence-corrected chi connectivity index (χ3v) is 12.8. The first-order valence-electron chi connectivity index (χ1n) is 20.1. The highest BCUT2D eigenvalue weighted by Crippen LogP contribution is 2.44. The monoisotopic (exact) mass is 769 g/mol. The van der Waals surface area contributed by atoms with Gasteiger partial charge in [0.15, 0.2) is 0 Å². The topological polar surface area (TPSA) is 70.6 Å². The Kier molecular flexibility index (Phi) is 5.57. The van der Waals surface area contributed by atoms with E-state index in [1.54, 1.807) is 0 Å². The molecule has 15 aromatic rings. The van der Waals surface area contributed by atoms with Crippen LogP contribution in [0.4, 0.5) is 0 Å². The largest absolute Gasteiger partial charge is 0.456 e. The number of benzene rings is 9. The fourth-order valence-corrected chi connectivity index (χ4v) is 10.1. The van der Waals surface area contributed by atoms with Crippen molar-refractivity contribution in [3.8, 4) is 16.8 Å². The highest BCUT2D eigenvalue weighted by Gasteiger charge is 2.22.